The third-order valence-corrected chi connectivity index (χ3v) is 5.49. The number of nitrogens with one attached hydrogen (secondary N) is 3. The Hall–Kier alpha value is -4.47. The largest absolute Gasteiger partial charge is 0.416 e. The van der Waals surface area contributed by atoms with Crippen LogP contribution in [0.1, 0.15) is 16.7 Å². The molecule has 0 spiro atoms. The first-order valence-corrected chi connectivity index (χ1v) is 10.8. The van der Waals surface area contributed by atoms with Gasteiger partial charge in [0.05, 0.1) is 11.1 Å². The van der Waals surface area contributed by atoms with Crippen LogP contribution in [0.15, 0.2) is 72.9 Å². The summed E-state index contributed by atoms with van der Waals surface area (Å²) in [6.45, 7) is 0. The highest BCUT2D eigenvalue weighted by Gasteiger charge is 2.30. The first kappa shape index (κ1) is 22.3. The Bertz CT molecular complexity index is 1480. The van der Waals surface area contributed by atoms with E-state index in [1.807, 2.05) is 42.6 Å². The number of H-pyrrole nitrogens is 1. The molecule has 0 atom stereocenters. The Kier molecular flexibility index (Phi) is 5.77. The number of hydrogen-bond acceptors (Lipinski definition) is 6. The van der Waals surface area contributed by atoms with Crippen LogP contribution in [0.4, 0.5) is 30.8 Å². The van der Waals surface area contributed by atoms with Gasteiger partial charge in [-0.05, 0) is 41.8 Å². The zero-order chi connectivity index (χ0) is 24.4. The molecular weight excluding hydrogens is 455 g/mol. The SMILES string of the molecule is CNc1ncc2c(Cc3ccc(-c4nc(Nc5cccc(C(F)(F)F)c5)n[nH]4)cc3)cccc2n1. The average molecular weight is 475 g/mol. The predicted octanol–water partition coefficient (Wildman–Crippen LogP) is 5.81. The second-order valence-electron chi connectivity index (χ2n) is 7.88. The molecule has 7 nitrogen and oxygen atoms in total. The van der Waals surface area contributed by atoms with Crippen molar-refractivity contribution in [2.45, 2.75) is 12.6 Å². The summed E-state index contributed by atoms with van der Waals surface area (Å²) in [6, 6.07) is 18.7. The molecule has 3 N–H and O–H groups in total. The van der Waals surface area contributed by atoms with Gasteiger partial charge in [-0.15, -0.1) is 5.10 Å². The molecule has 0 aliphatic rings. The van der Waals surface area contributed by atoms with Crippen molar-refractivity contribution in [1.29, 1.82) is 0 Å². The van der Waals surface area contributed by atoms with Gasteiger partial charge in [-0.2, -0.15) is 18.2 Å². The van der Waals surface area contributed by atoms with Crippen molar-refractivity contribution in [2.24, 2.45) is 0 Å². The van der Waals surface area contributed by atoms with E-state index in [2.05, 4.69) is 41.8 Å². The molecule has 0 saturated carbocycles. The molecule has 176 valence electrons. The van der Waals surface area contributed by atoms with Crippen LogP contribution in [0.2, 0.25) is 0 Å². The Morgan fingerprint density at radius 2 is 1.71 bits per heavy atom. The van der Waals surface area contributed by atoms with Gasteiger partial charge in [0, 0.05) is 29.9 Å². The third-order valence-electron chi connectivity index (χ3n) is 5.49. The van der Waals surface area contributed by atoms with Gasteiger partial charge >= 0.3 is 6.18 Å². The van der Waals surface area contributed by atoms with Gasteiger partial charge in [0.2, 0.25) is 11.9 Å². The summed E-state index contributed by atoms with van der Waals surface area (Å²) < 4.78 is 38.8. The molecule has 0 amide bonds. The number of benzene rings is 3. The van der Waals surface area contributed by atoms with Crippen LogP contribution in [0.5, 0.6) is 0 Å². The van der Waals surface area contributed by atoms with E-state index >= 15 is 0 Å². The van der Waals surface area contributed by atoms with Crippen molar-refractivity contribution in [3.8, 4) is 11.4 Å². The number of nitrogens with zero attached hydrogens (tertiary/aromatic N) is 4. The van der Waals surface area contributed by atoms with E-state index in [1.54, 1.807) is 7.05 Å². The maximum atomic E-state index is 12.9. The maximum absolute atomic E-state index is 12.9. The number of hydrogen-bond donors (Lipinski definition) is 3. The van der Waals surface area contributed by atoms with Gasteiger partial charge in [0.15, 0.2) is 5.82 Å². The van der Waals surface area contributed by atoms with Crippen molar-refractivity contribution < 1.29 is 13.2 Å². The first-order valence-electron chi connectivity index (χ1n) is 10.8. The number of aromatic nitrogens is 5. The molecule has 0 fully saturated rings. The number of rotatable bonds is 6. The number of halogens is 3. The normalized spacial score (nSPS) is 11.5. The van der Waals surface area contributed by atoms with E-state index in [0.29, 0.717) is 18.2 Å². The summed E-state index contributed by atoms with van der Waals surface area (Å²) in [5.74, 6) is 1.26. The van der Waals surface area contributed by atoms with E-state index in [-0.39, 0.29) is 11.6 Å². The molecule has 0 unspecified atom stereocenters. The molecule has 2 aromatic heterocycles. The average Bonchev–Trinajstić information content (AvgIpc) is 3.32. The molecule has 5 aromatic rings. The summed E-state index contributed by atoms with van der Waals surface area (Å²) >= 11 is 0. The molecule has 35 heavy (non-hydrogen) atoms. The fourth-order valence-corrected chi connectivity index (χ4v) is 3.74. The second-order valence-corrected chi connectivity index (χ2v) is 7.88. The predicted molar refractivity (Wildman–Crippen MR) is 128 cm³/mol. The molecule has 0 aliphatic carbocycles. The lowest BCUT2D eigenvalue weighted by Crippen LogP contribution is -2.05. The second kappa shape index (κ2) is 9.05. The Balaban J connectivity index is 1.31. The van der Waals surface area contributed by atoms with Gasteiger partial charge < -0.3 is 10.6 Å². The third kappa shape index (κ3) is 4.91. The van der Waals surface area contributed by atoms with E-state index in [4.69, 9.17) is 0 Å². The van der Waals surface area contributed by atoms with Crippen LogP contribution >= 0.6 is 0 Å². The summed E-state index contributed by atoms with van der Waals surface area (Å²) in [4.78, 5) is 13.2. The highest BCUT2D eigenvalue weighted by atomic mass is 19.4. The van der Waals surface area contributed by atoms with Crippen molar-refractivity contribution in [1.82, 2.24) is 25.1 Å². The Morgan fingerprint density at radius 3 is 2.49 bits per heavy atom. The summed E-state index contributed by atoms with van der Waals surface area (Å²) in [5, 5.41) is 13.6. The molecule has 0 radical (unpaired) electrons. The first-order chi connectivity index (χ1) is 16.9. The van der Waals surface area contributed by atoms with Crippen LogP contribution in [-0.2, 0) is 12.6 Å². The zero-order valence-electron chi connectivity index (χ0n) is 18.6. The monoisotopic (exact) mass is 475 g/mol. The van der Waals surface area contributed by atoms with Crippen molar-refractivity contribution in [3.63, 3.8) is 0 Å². The quantitative estimate of drug-likeness (QED) is 0.287. The highest BCUT2D eigenvalue weighted by molar-refractivity contribution is 5.82. The smallest absolute Gasteiger partial charge is 0.357 e. The van der Waals surface area contributed by atoms with Crippen LogP contribution in [0, 0.1) is 0 Å². The minimum Gasteiger partial charge on any atom is -0.357 e. The van der Waals surface area contributed by atoms with Crippen LogP contribution < -0.4 is 10.6 Å². The Labute approximate surface area is 198 Å². The van der Waals surface area contributed by atoms with Crippen molar-refractivity contribution >= 4 is 28.5 Å². The van der Waals surface area contributed by atoms with E-state index in [9.17, 15) is 13.2 Å². The molecule has 0 saturated heterocycles. The zero-order valence-corrected chi connectivity index (χ0v) is 18.6. The standard InChI is InChI=1S/C25H20F3N7/c1-29-23-30-14-20-17(4-2-7-21(20)32-23)12-15-8-10-16(11-9-15)22-33-24(35-34-22)31-19-6-3-5-18(13-19)25(26,27)28/h2-11,13-14H,12H2,1H3,(H,29,30,32)(H2,31,33,34,35). The minimum atomic E-state index is -4.42. The topological polar surface area (TPSA) is 91.4 Å². The maximum Gasteiger partial charge on any atom is 0.416 e. The molecule has 0 aliphatic heterocycles. The van der Waals surface area contributed by atoms with Gasteiger partial charge in [0.25, 0.3) is 0 Å². The number of anilines is 3. The minimum absolute atomic E-state index is 0.181. The van der Waals surface area contributed by atoms with Crippen molar-refractivity contribution in [2.75, 3.05) is 17.7 Å². The Morgan fingerprint density at radius 1 is 0.914 bits per heavy atom. The van der Waals surface area contributed by atoms with Gasteiger partial charge in [0.1, 0.15) is 0 Å². The molecule has 0 bridgehead atoms. The van der Waals surface area contributed by atoms with E-state index in [1.165, 1.54) is 12.1 Å². The molecule has 5 rings (SSSR count). The fraction of sp³-hybridized carbons (Fsp3) is 0.120. The molecule has 3 aromatic carbocycles. The molecular formula is C25H20F3N7. The molecule has 2 heterocycles. The van der Waals surface area contributed by atoms with Gasteiger partial charge in [-0.1, -0.05) is 42.5 Å². The van der Waals surface area contributed by atoms with Gasteiger partial charge in [-0.3, -0.25) is 5.10 Å². The van der Waals surface area contributed by atoms with E-state index in [0.717, 1.165) is 39.7 Å². The fourth-order valence-electron chi connectivity index (χ4n) is 3.74. The van der Waals surface area contributed by atoms with Gasteiger partial charge in [-0.25, -0.2) is 9.97 Å². The summed E-state index contributed by atoms with van der Waals surface area (Å²) in [5.41, 5.74) is 3.40. The highest BCUT2D eigenvalue weighted by Crippen LogP contribution is 2.31. The molecule has 10 heteroatoms. The number of fused-ring (bicyclic) bond motifs is 1. The van der Waals surface area contributed by atoms with Crippen LogP contribution in [0.25, 0.3) is 22.3 Å². The van der Waals surface area contributed by atoms with Crippen LogP contribution in [-0.4, -0.2) is 32.2 Å². The van der Waals surface area contributed by atoms with Crippen LogP contribution in [0.3, 0.4) is 0 Å². The number of alkyl halides is 3. The lowest BCUT2D eigenvalue weighted by atomic mass is 10.0. The summed E-state index contributed by atoms with van der Waals surface area (Å²) in [6.07, 6.45) is -1.89. The summed E-state index contributed by atoms with van der Waals surface area (Å²) in [7, 11) is 1.78. The number of aromatic amines is 1. The van der Waals surface area contributed by atoms with E-state index < -0.39 is 11.7 Å². The lowest BCUT2D eigenvalue weighted by Gasteiger charge is -2.08. The van der Waals surface area contributed by atoms with Crippen molar-refractivity contribution in [3.05, 3.63) is 89.6 Å². The lowest BCUT2D eigenvalue weighted by molar-refractivity contribution is -0.137.